The molecule has 112 valence electrons. The van der Waals surface area contributed by atoms with E-state index in [2.05, 4.69) is 33.2 Å². The van der Waals surface area contributed by atoms with E-state index in [1.54, 1.807) is 12.1 Å². The van der Waals surface area contributed by atoms with Crippen molar-refractivity contribution < 1.29 is 9.21 Å². The van der Waals surface area contributed by atoms with Crippen molar-refractivity contribution in [1.82, 2.24) is 4.98 Å². The van der Waals surface area contributed by atoms with Crippen LogP contribution < -0.4 is 11.1 Å². The summed E-state index contributed by atoms with van der Waals surface area (Å²) in [4.78, 5) is 16.2. The monoisotopic (exact) mass is 351 g/mol. The van der Waals surface area contributed by atoms with Gasteiger partial charge in [-0.2, -0.15) is 0 Å². The van der Waals surface area contributed by atoms with Crippen LogP contribution in [0.2, 0.25) is 0 Å². The molecule has 1 aromatic heterocycles. The van der Waals surface area contributed by atoms with Crippen LogP contribution in [-0.4, -0.2) is 10.9 Å². The molecule has 5 nitrogen and oxygen atoms in total. The number of nitrogens with one attached hydrogen (secondary N) is 1. The number of carbonyl (C=O) groups is 1. The lowest BCUT2D eigenvalue weighted by Gasteiger charge is -2.05. The third kappa shape index (κ3) is 4.41. The van der Waals surface area contributed by atoms with Gasteiger partial charge in [0.1, 0.15) is 6.26 Å². The molecule has 0 saturated carbocycles. The van der Waals surface area contributed by atoms with Crippen molar-refractivity contribution in [3.63, 3.8) is 0 Å². The van der Waals surface area contributed by atoms with Gasteiger partial charge in [-0.15, -0.1) is 0 Å². The molecule has 0 radical (unpaired) electrons. The van der Waals surface area contributed by atoms with E-state index in [-0.39, 0.29) is 17.6 Å². The fourth-order valence-corrected chi connectivity index (χ4v) is 2.10. The summed E-state index contributed by atoms with van der Waals surface area (Å²) in [7, 11) is 0. The maximum absolute atomic E-state index is 12.1. The minimum Gasteiger partial charge on any atom is -0.446 e. The molecule has 1 amide bonds. The molecular weight excluding hydrogens is 334 g/mol. The van der Waals surface area contributed by atoms with Gasteiger partial charge in [0.2, 0.25) is 5.89 Å². The number of rotatable bonds is 6. The van der Waals surface area contributed by atoms with E-state index in [1.807, 2.05) is 12.1 Å². The summed E-state index contributed by atoms with van der Waals surface area (Å²) in [5.74, 6) is 0.0967. The molecule has 1 aromatic carbocycles. The molecule has 2 aromatic rings. The molecule has 0 fully saturated rings. The predicted octanol–water partition coefficient (Wildman–Crippen LogP) is 3.88. The second-order valence-corrected chi connectivity index (χ2v) is 5.70. The highest BCUT2D eigenvalue weighted by Gasteiger charge is 2.16. The smallest absolute Gasteiger partial charge is 0.277 e. The molecule has 0 aliphatic rings. The van der Waals surface area contributed by atoms with Gasteiger partial charge in [0.15, 0.2) is 5.69 Å². The van der Waals surface area contributed by atoms with Crippen molar-refractivity contribution in [2.75, 3.05) is 5.32 Å². The van der Waals surface area contributed by atoms with Gasteiger partial charge in [-0.05, 0) is 30.7 Å². The SMILES string of the molecule is CCCCC(N)c1nc(C(=O)Nc2ccc(Br)cc2)co1. The Morgan fingerprint density at radius 2 is 2.14 bits per heavy atom. The van der Waals surface area contributed by atoms with E-state index in [9.17, 15) is 4.79 Å². The van der Waals surface area contributed by atoms with Crippen LogP contribution in [0, 0.1) is 0 Å². The Bertz CT molecular complexity index is 595. The number of hydrogen-bond acceptors (Lipinski definition) is 4. The molecule has 0 spiro atoms. The zero-order chi connectivity index (χ0) is 15.2. The van der Waals surface area contributed by atoms with E-state index in [0.717, 1.165) is 23.7 Å². The molecular formula is C15H18BrN3O2. The quantitative estimate of drug-likeness (QED) is 0.827. The highest BCUT2D eigenvalue weighted by atomic mass is 79.9. The Balaban J connectivity index is 2.00. The van der Waals surface area contributed by atoms with Gasteiger partial charge in [-0.3, -0.25) is 4.79 Å². The first-order valence-corrected chi connectivity index (χ1v) is 7.67. The van der Waals surface area contributed by atoms with Crippen LogP contribution in [0.3, 0.4) is 0 Å². The Labute approximate surface area is 132 Å². The lowest BCUT2D eigenvalue weighted by Crippen LogP contribution is -2.14. The number of hydrogen-bond donors (Lipinski definition) is 2. The number of amides is 1. The average molecular weight is 352 g/mol. The normalized spacial score (nSPS) is 12.1. The van der Waals surface area contributed by atoms with Crippen LogP contribution >= 0.6 is 15.9 Å². The summed E-state index contributed by atoms with van der Waals surface area (Å²) < 4.78 is 6.25. The standard InChI is InChI=1S/C15H18BrN3O2/c1-2-3-4-12(17)15-19-13(9-21-15)14(20)18-11-7-5-10(16)6-8-11/h5-9,12H,2-4,17H2,1H3,(H,18,20). The summed E-state index contributed by atoms with van der Waals surface area (Å²) in [6.45, 7) is 2.10. The lowest BCUT2D eigenvalue weighted by atomic mass is 10.1. The molecule has 21 heavy (non-hydrogen) atoms. The van der Waals surface area contributed by atoms with Crippen LogP contribution in [0.15, 0.2) is 39.4 Å². The van der Waals surface area contributed by atoms with Gasteiger partial charge in [0, 0.05) is 10.2 Å². The van der Waals surface area contributed by atoms with Crippen molar-refractivity contribution in [2.45, 2.75) is 32.2 Å². The van der Waals surface area contributed by atoms with Gasteiger partial charge >= 0.3 is 0 Å². The summed E-state index contributed by atoms with van der Waals surface area (Å²) in [5, 5.41) is 2.76. The van der Waals surface area contributed by atoms with Crippen LogP contribution in [0.25, 0.3) is 0 Å². The topological polar surface area (TPSA) is 81.1 Å². The minimum atomic E-state index is -0.310. The third-order valence-corrected chi connectivity index (χ3v) is 3.57. The summed E-state index contributed by atoms with van der Waals surface area (Å²) in [5.41, 5.74) is 6.90. The molecule has 3 N–H and O–H groups in total. The molecule has 1 atom stereocenters. The Morgan fingerprint density at radius 3 is 2.81 bits per heavy atom. The first-order valence-electron chi connectivity index (χ1n) is 6.88. The third-order valence-electron chi connectivity index (χ3n) is 3.04. The first kappa shape index (κ1) is 15.7. The maximum Gasteiger partial charge on any atom is 0.277 e. The molecule has 0 bridgehead atoms. The fourth-order valence-electron chi connectivity index (χ4n) is 1.84. The van der Waals surface area contributed by atoms with Gasteiger partial charge < -0.3 is 15.5 Å². The number of aromatic nitrogens is 1. The second kappa shape index (κ2) is 7.38. The molecule has 0 saturated heterocycles. The highest BCUT2D eigenvalue weighted by molar-refractivity contribution is 9.10. The number of carbonyl (C=O) groups excluding carboxylic acids is 1. The first-order chi connectivity index (χ1) is 10.1. The van der Waals surface area contributed by atoms with Gasteiger partial charge in [0.25, 0.3) is 5.91 Å². The number of nitrogens with two attached hydrogens (primary N) is 1. The van der Waals surface area contributed by atoms with Crippen LogP contribution in [-0.2, 0) is 0 Å². The van der Waals surface area contributed by atoms with Gasteiger partial charge in [-0.25, -0.2) is 4.98 Å². The van der Waals surface area contributed by atoms with E-state index in [1.165, 1.54) is 6.26 Å². The number of unbranched alkanes of at least 4 members (excludes halogenated alkanes) is 1. The molecule has 1 heterocycles. The highest BCUT2D eigenvalue weighted by Crippen LogP contribution is 2.18. The van der Waals surface area contributed by atoms with Crippen LogP contribution in [0.1, 0.15) is 48.6 Å². The minimum absolute atomic E-state index is 0.236. The van der Waals surface area contributed by atoms with Crippen molar-refractivity contribution in [2.24, 2.45) is 5.73 Å². The Hall–Kier alpha value is -1.66. The molecule has 1 unspecified atom stereocenters. The van der Waals surface area contributed by atoms with E-state index in [0.29, 0.717) is 11.6 Å². The van der Waals surface area contributed by atoms with Crippen molar-refractivity contribution in [1.29, 1.82) is 0 Å². The molecule has 0 aliphatic carbocycles. The Morgan fingerprint density at radius 1 is 1.43 bits per heavy atom. The van der Waals surface area contributed by atoms with Crippen LogP contribution in [0.5, 0.6) is 0 Å². The predicted molar refractivity (Wildman–Crippen MR) is 85.1 cm³/mol. The number of nitrogens with zero attached hydrogens (tertiary/aromatic N) is 1. The number of halogens is 1. The van der Waals surface area contributed by atoms with E-state index in [4.69, 9.17) is 10.2 Å². The summed E-state index contributed by atoms with van der Waals surface area (Å²) in [6, 6.07) is 7.04. The zero-order valence-corrected chi connectivity index (χ0v) is 13.4. The maximum atomic E-state index is 12.1. The van der Waals surface area contributed by atoms with Crippen molar-refractivity contribution in [3.8, 4) is 0 Å². The largest absolute Gasteiger partial charge is 0.446 e. The van der Waals surface area contributed by atoms with E-state index < -0.39 is 0 Å². The number of anilines is 1. The zero-order valence-electron chi connectivity index (χ0n) is 11.8. The van der Waals surface area contributed by atoms with E-state index >= 15 is 0 Å². The number of oxazole rings is 1. The van der Waals surface area contributed by atoms with Crippen molar-refractivity contribution >= 4 is 27.5 Å². The summed E-state index contributed by atoms with van der Waals surface area (Å²) in [6.07, 6.45) is 4.20. The van der Waals surface area contributed by atoms with Gasteiger partial charge in [-0.1, -0.05) is 35.7 Å². The lowest BCUT2D eigenvalue weighted by molar-refractivity contribution is 0.102. The second-order valence-electron chi connectivity index (χ2n) is 4.78. The van der Waals surface area contributed by atoms with Gasteiger partial charge in [0.05, 0.1) is 6.04 Å². The summed E-state index contributed by atoms with van der Waals surface area (Å²) >= 11 is 3.34. The molecule has 2 rings (SSSR count). The van der Waals surface area contributed by atoms with Crippen LogP contribution in [0.4, 0.5) is 5.69 Å². The van der Waals surface area contributed by atoms with Crippen molar-refractivity contribution in [3.05, 3.63) is 46.6 Å². The average Bonchev–Trinajstić information content (AvgIpc) is 2.97. The number of benzene rings is 1. The molecule has 0 aliphatic heterocycles. The Kier molecular flexibility index (Phi) is 5.52. The fraction of sp³-hybridized carbons (Fsp3) is 0.333. The molecule has 6 heteroatoms.